The molecule has 0 radical (unpaired) electrons. The van der Waals surface area contributed by atoms with Crippen molar-refractivity contribution in [2.24, 2.45) is 10.7 Å². The van der Waals surface area contributed by atoms with Gasteiger partial charge < -0.3 is 15.4 Å². The maximum absolute atomic E-state index is 13.0. The molecule has 0 aliphatic carbocycles. The van der Waals surface area contributed by atoms with Crippen LogP contribution < -0.4 is 10.6 Å². The fourth-order valence-corrected chi connectivity index (χ4v) is 4.47. The van der Waals surface area contributed by atoms with Crippen LogP contribution in [0.2, 0.25) is 5.02 Å². The van der Waals surface area contributed by atoms with E-state index in [1.54, 1.807) is 0 Å². The summed E-state index contributed by atoms with van der Waals surface area (Å²) in [4.78, 5) is 6.09. The molecule has 152 valence electrons. The predicted molar refractivity (Wildman–Crippen MR) is 107 cm³/mol. The maximum atomic E-state index is 13.0. The van der Waals surface area contributed by atoms with Crippen LogP contribution in [0.5, 0.6) is 0 Å². The van der Waals surface area contributed by atoms with Crippen LogP contribution in [0.15, 0.2) is 23.2 Å². The minimum atomic E-state index is -4.54. The molecule has 2 heterocycles. The fourth-order valence-electron chi connectivity index (χ4n) is 2.97. The number of nitrogens with two attached hydrogens (primary N) is 1. The lowest BCUT2D eigenvalue weighted by Gasteiger charge is -2.27. The Balaban J connectivity index is 2.24. The number of nitrogens with zero attached hydrogens (tertiary/aromatic N) is 3. The Morgan fingerprint density at radius 2 is 2.07 bits per heavy atom. The summed E-state index contributed by atoms with van der Waals surface area (Å²) in [7, 11) is 0. The molecule has 3 rings (SSSR count). The molecule has 0 spiro atoms. The van der Waals surface area contributed by atoms with E-state index in [1.165, 1.54) is 17.4 Å². The molecular formula is C18H15ClF3N5OS. The van der Waals surface area contributed by atoms with Crippen molar-refractivity contribution in [3.8, 4) is 17.2 Å². The van der Waals surface area contributed by atoms with Crippen molar-refractivity contribution < 1.29 is 17.9 Å². The van der Waals surface area contributed by atoms with Gasteiger partial charge >= 0.3 is 6.18 Å². The summed E-state index contributed by atoms with van der Waals surface area (Å²) in [5.74, 6) is -0.0213. The number of benzene rings is 1. The van der Waals surface area contributed by atoms with Crippen LogP contribution >= 0.6 is 22.9 Å². The highest BCUT2D eigenvalue weighted by Gasteiger charge is 2.32. The van der Waals surface area contributed by atoms with Crippen molar-refractivity contribution in [1.29, 1.82) is 10.7 Å². The average molecular weight is 442 g/mol. The highest BCUT2D eigenvalue weighted by Crippen LogP contribution is 2.45. The number of morpholine rings is 1. The Morgan fingerprint density at radius 3 is 2.62 bits per heavy atom. The number of aliphatic imine (C=N–C) groups is 1. The van der Waals surface area contributed by atoms with Gasteiger partial charge in [-0.2, -0.15) is 18.4 Å². The molecule has 1 aromatic heterocycles. The molecular weight excluding hydrogens is 427 g/mol. The first-order valence-electron chi connectivity index (χ1n) is 8.37. The van der Waals surface area contributed by atoms with Gasteiger partial charge in [0.05, 0.1) is 29.2 Å². The van der Waals surface area contributed by atoms with Gasteiger partial charge in [-0.25, -0.2) is 4.99 Å². The Morgan fingerprint density at radius 1 is 1.38 bits per heavy atom. The minimum Gasteiger partial charge on any atom is -0.382 e. The van der Waals surface area contributed by atoms with E-state index in [1.807, 2.05) is 4.90 Å². The molecule has 0 saturated carbocycles. The van der Waals surface area contributed by atoms with Gasteiger partial charge in [0.2, 0.25) is 0 Å². The summed E-state index contributed by atoms with van der Waals surface area (Å²) in [5, 5.41) is 17.5. The number of thiophene rings is 1. The molecule has 0 unspecified atom stereocenters. The minimum absolute atomic E-state index is 0.0213. The van der Waals surface area contributed by atoms with E-state index in [0.717, 1.165) is 18.5 Å². The third-order valence-corrected chi connectivity index (χ3v) is 5.89. The summed E-state index contributed by atoms with van der Waals surface area (Å²) in [6, 6.07) is 5.07. The maximum Gasteiger partial charge on any atom is 0.416 e. The first kappa shape index (κ1) is 21.1. The SMILES string of the molecule is N#Cc1c(N2CCOCC2)sc(C(N)=NC=N)c1-c1ccc(C(F)(F)F)cc1Cl. The van der Waals surface area contributed by atoms with E-state index >= 15 is 0 Å². The van der Waals surface area contributed by atoms with Crippen molar-refractivity contribution in [3.05, 3.63) is 39.2 Å². The number of alkyl halides is 3. The summed E-state index contributed by atoms with van der Waals surface area (Å²) < 4.78 is 44.4. The molecule has 3 N–H and O–H groups in total. The van der Waals surface area contributed by atoms with Gasteiger partial charge in [0.25, 0.3) is 0 Å². The molecule has 6 nitrogen and oxygen atoms in total. The largest absolute Gasteiger partial charge is 0.416 e. The summed E-state index contributed by atoms with van der Waals surface area (Å²) in [5.41, 5.74) is 5.89. The second kappa shape index (κ2) is 8.41. The van der Waals surface area contributed by atoms with Crippen molar-refractivity contribution in [3.63, 3.8) is 0 Å². The number of rotatable bonds is 4. The summed E-state index contributed by atoms with van der Waals surface area (Å²) in [6.45, 7) is 2.07. The van der Waals surface area contributed by atoms with E-state index in [4.69, 9.17) is 27.5 Å². The molecule has 1 fully saturated rings. The van der Waals surface area contributed by atoms with Gasteiger partial charge in [-0.1, -0.05) is 17.7 Å². The highest BCUT2D eigenvalue weighted by atomic mass is 35.5. The molecule has 2 aromatic rings. The third-order valence-electron chi connectivity index (χ3n) is 4.30. The number of halogens is 4. The van der Waals surface area contributed by atoms with Crippen molar-refractivity contribution in [2.75, 3.05) is 31.2 Å². The topological polar surface area (TPSA) is 98.5 Å². The second-order valence-corrected chi connectivity index (χ2v) is 7.44. The number of nitrogens with one attached hydrogen (secondary N) is 1. The number of anilines is 1. The molecule has 0 atom stereocenters. The molecule has 11 heteroatoms. The first-order valence-corrected chi connectivity index (χ1v) is 9.56. The number of ether oxygens (including phenoxy) is 1. The highest BCUT2D eigenvalue weighted by molar-refractivity contribution is 7.19. The first-order chi connectivity index (χ1) is 13.8. The number of nitriles is 1. The van der Waals surface area contributed by atoms with Crippen LogP contribution in [0.1, 0.15) is 16.0 Å². The Bertz CT molecular complexity index is 1010. The van der Waals surface area contributed by atoms with E-state index in [-0.39, 0.29) is 22.0 Å². The van der Waals surface area contributed by atoms with Crippen LogP contribution in [0.3, 0.4) is 0 Å². The molecule has 1 aromatic carbocycles. The van der Waals surface area contributed by atoms with Crippen molar-refractivity contribution >= 4 is 40.1 Å². The molecule has 1 saturated heterocycles. The van der Waals surface area contributed by atoms with E-state index < -0.39 is 11.7 Å². The van der Waals surface area contributed by atoms with Crippen LogP contribution in [0, 0.1) is 16.7 Å². The van der Waals surface area contributed by atoms with Gasteiger partial charge in [0.15, 0.2) is 0 Å². The van der Waals surface area contributed by atoms with Gasteiger partial charge in [-0.05, 0) is 12.1 Å². The molecule has 29 heavy (non-hydrogen) atoms. The zero-order chi connectivity index (χ0) is 21.2. The lowest BCUT2D eigenvalue weighted by molar-refractivity contribution is -0.137. The summed E-state index contributed by atoms with van der Waals surface area (Å²) in [6.07, 6.45) is -3.79. The second-order valence-electron chi connectivity index (χ2n) is 6.03. The molecule has 0 bridgehead atoms. The zero-order valence-corrected chi connectivity index (χ0v) is 16.5. The predicted octanol–water partition coefficient (Wildman–Crippen LogP) is 4.11. The van der Waals surface area contributed by atoms with E-state index in [9.17, 15) is 18.4 Å². The normalized spacial score (nSPS) is 15.3. The van der Waals surface area contributed by atoms with Gasteiger partial charge in [-0.15, -0.1) is 11.3 Å². The summed E-state index contributed by atoms with van der Waals surface area (Å²) >= 11 is 7.37. The molecule has 1 aliphatic heterocycles. The third kappa shape index (κ3) is 4.22. The van der Waals surface area contributed by atoms with E-state index in [2.05, 4.69) is 11.1 Å². The van der Waals surface area contributed by atoms with Crippen LogP contribution in [0.25, 0.3) is 11.1 Å². The Labute approximate surface area is 173 Å². The average Bonchev–Trinajstić information content (AvgIpc) is 3.07. The Kier molecular flexibility index (Phi) is 6.12. The number of hydrogen-bond donors (Lipinski definition) is 2. The van der Waals surface area contributed by atoms with Gasteiger partial charge in [0.1, 0.15) is 23.2 Å². The lowest BCUT2D eigenvalue weighted by atomic mass is 9.99. The molecule has 0 amide bonds. The van der Waals surface area contributed by atoms with E-state index in [0.29, 0.717) is 41.7 Å². The van der Waals surface area contributed by atoms with Crippen molar-refractivity contribution in [2.45, 2.75) is 6.18 Å². The van der Waals surface area contributed by atoms with Crippen molar-refractivity contribution in [1.82, 2.24) is 0 Å². The Hall–Kier alpha value is -2.61. The number of amidine groups is 1. The molecule has 1 aliphatic rings. The van der Waals surface area contributed by atoms with Gasteiger partial charge in [-0.3, -0.25) is 5.41 Å². The quantitative estimate of drug-likeness (QED) is 0.551. The number of hydrogen-bond acceptors (Lipinski definition) is 5. The standard InChI is InChI=1S/C18H15ClF3N5OS/c19-13-7-10(18(20,21)22)1-2-11(13)14-12(8-23)17(27-3-5-28-6-4-27)29-15(14)16(25)26-9-24/h1-2,7,9H,3-6H2,(H3,24,25,26). The van der Waals surface area contributed by atoms with Crippen LogP contribution in [-0.4, -0.2) is 38.5 Å². The van der Waals surface area contributed by atoms with Crippen LogP contribution in [0.4, 0.5) is 18.2 Å². The fraction of sp³-hybridized carbons (Fsp3) is 0.278. The van der Waals surface area contributed by atoms with Crippen LogP contribution in [-0.2, 0) is 10.9 Å². The smallest absolute Gasteiger partial charge is 0.382 e. The lowest BCUT2D eigenvalue weighted by Crippen LogP contribution is -2.36. The zero-order valence-electron chi connectivity index (χ0n) is 14.9. The monoisotopic (exact) mass is 441 g/mol. The van der Waals surface area contributed by atoms with Gasteiger partial charge in [0, 0.05) is 29.2 Å².